The summed E-state index contributed by atoms with van der Waals surface area (Å²) in [7, 11) is -0.0890. The van der Waals surface area contributed by atoms with Crippen molar-refractivity contribution in [1.29, 1.82) is 0 Å². The Hall–Kier alpha value is -2.17. The summed E-state index contributed by atoms with van der Waals surface area (Å²) in [5.41, 5.74) is 16.8. The molecule has 0 aromatic heterocycles. The highest BCUT2D eigenvalue weighted by molar-refractivity contribution is 7.55. The van der Waals surface area contributed by atoms with E-state index < -0.39 is 0 Å². The van der Waals surface area contributed by atoms with Gasteiger partial charge in [0.25, 0.3) is 0 Å². The van der Waals surface area contributed by atoms with E-state index in [1.54, 1.807) is 27.8 Å². The molecule has 1 atom stereocenters. The molecule has 2 aromatic rings. The molecule has 1 heteroatoms. The van der Waals surface area contributed by atoms with Crippen LogP contribution in [0.15, 0.2) is 42.5 Å². The second-order valence-electron chi connectivity index (χ2n) is 9.27. The van der Waals surface area contributed by atoms with Gasteiger partial charge in [0.1, 0.15) is 0 Å². The van der Waals surface area contributed by atoms with E-state index >= 15 is 0 Å². The van der Waals surface area contributed by atoms with Crippen LogP contribution in [0.3, 0.4) is 0 Å². The molecule has 1 unspecified atom stereocenters. The molecule has 0 saturated heterocycles. The first-order valence-electron chi connectivity index (χ1n) is 11.8. The molecule has 0 amide bonds. The summed E-state index contributed by atoms with van der Waals surface area (Å²) in [4.78, 5) is 0. The highest BCUT2D eigenvalue weighted by Crippen LogP contribution is 2.54. The second-order valence-corrected chi connectivity index (χ2v) is 11.6. The molecule has 158 valence electrons. The fraction of sp³-hybridized carbons (Fsp3) is 0.333. The largest absolute Gasteiger partial charge is 0.101 e. The molecule has 0 fully saturated rings. The van der Waals surface area contributed by atoms with Gasteiger partial charge in [-0.25, -0.2) is 0 Å². The number of aryl methyl sites for hydroxylation is 3. The van der Waals surface area contributed by atoms with E-state index in [9.17, 15) is 0 Å². The Balaban J connectivity index is 1.94. The maximum Gasteiger partial charge on any atom is -0.00578 e. The molecule has 1 heterocycles. The zero-order valence-electron chi connectivity index (χ0n) is 19.4. The van der Waals surface area contributed by atoms with Crippen molar-refractivity contribution >= 4 is 25.6 Å². The zero-order chi connectivity index (χ0) is 21.5. The molecule has 2 aromatic carbocycles. The lowest BCUT2D eigenvalue weighted by Crippen LogP contribution is -2.08. The predicted octanol–water partition coefficient (Wildman–Crippen LogP) is 8.69. The van der Waals surface area contributed by atoms with Crippen LogP contribution < -0.4 is 0 Å². The summed E-state index contributed by atoms with van der Waals surface area (Å²) >= 11 is 0. The van der Waals surface area contributed by atoms with E-state index in [-0.39, 0.29) is 7.92 Å². The number of fused-ring (bicyclic) bond motifs is 7. The van der Waals surface area contributed by atoms with E-state index in [0.717, 1.165) is 12.8 Å². The first kappa shape index (κ1) is 20.7. The number of allylic oxidation sites excluding steroid dienone is 6. The monoisotopic (exact) mass is 424 g/mol. The van der Waals surface area contributed by atoms with Crippen molar-refractivity contribution in [3.05, 3.63) is 87.0 Å². The lowest BCUT2D eigenvalue weighted by molar-refractivity contribution is 0.975. The third-order valence-electron chi connectivity index (χ3n) is 7.15. The third kappa shape index (κ3) is 3.50. The zero-order valence-corrected chi connectivity index (χ0v) is 20.3. The van der Waals surface area contributed by atoms with E-state index in [4.69, 9.17) is 0 Å². The molecular weight excluding hydrogens is 391 g/mol. The first-order chi connectivity index (χ1) is 15.1. The van der Waals surface area contributed by atoms with E-state index in [2.05, 4.69) is 82.1 Å². The molecule has 0 radical (unpaired) electrons. The fourth-order valence-electron chi connectivity index (χ4n) is 5.73. The summed E-state index contributed by atoms with van der Waals surface area (Å²) in [6.07, 6.45) is 23.5. The van der Waals surface area contributed by atoms with Crippen molar-refractivity contribution in [3.63, 3.8) is 0 Å². The first-order valence-corrected chi connectivity index (χ1v) is 13.9. The van der Waals surface area contributed by atoms with Crippen LogP contribution in [0.5, 0.6) is 0 Å². The molecule has 3 aliphatic rings. The Morgan fingerprint density at radius 1 is 0.871 bits per heavy atom. The Labute approximate surface area is 189 Å². The van der Waals surface area contributed by atoms with Crippen LogP contribution in [0, 0.1) is 6.92 Å². The Kier molecular flexibility index (Phi) is 5.61. The summed E-state index contributed by atoms with van der Waals surface area (Å²) in [6, 6.07) is 5.02. The van der Waals surface area contributed by atoms with Crippen molar-refractivity contribution in [3.8, 4) is 11.1 Å². The summed E-state index contributed by atoms with van der Waals surface area (Å²) in [5, 5.41) is 0. The van der Waals surface area contributed by atoms with Gasteiger partial charge in [0.05, 0.1) is 0 Å². The van der Waals surface area contributed by atoms with Crippen molar-refractivity contribution in [1.82, 2.24) is 0 Å². The summed E-state index contributed by atoms with van der Waals surface area (Å²) in [5.74, 6) is 0. The van der Waals surface area contributed by atoms with Crippen LogP contribution in [0.2, 0.25) is 0 Å². The van der Waals surface area contributed by atoms with E-state index in [0.29, 0.717) is 0 Å². The number of hydrogen-bond donors (Lipinski definition) is 0. The maximum atomic E-state index is 2.53. The Morgan fingerprint density at radius 3 is 2.13 bits per heavy atom. The predicted molar refractivity (Wildman–Crippen MR) is 140 cm³/mol. The molecule has 0 N–H and O–H groups in total. The van der Waals surface area contributed by atoms with Gasteiger partial charge in [-0.15, -0.1) is 7.92 Å². The Bertz CT molecular complexity index is 1170. The quantitative estimate of drug-likeness (QED) is 0.334. The van der Waals surface area contributed by atoms with Crippen LogP contribution in [0.25, 0.3) is 28.9 Å². The number of benzene rings is 2. The number of hydrogen-bond acceptors (Lipinski definition) is 0. The molecule has 5 rings (SSSR count). The highest BCUT2D eigenvalue weighted by atomic mass is 31.1. The second kappa shape index (κ2) is 8.40. The van der Waals surface area contributed by atoms with Crippen LogP contribution in [0.4, 0.5) is 0 Å². The summed E-state index contributed by atoms with van der Waals surface area (Å²) in [6.45, 7) is 9.19. The fourth-order valence-corrected chi connectivity index (χ4v) is 7.66. The van der Waals surface area contributed by atoms with Crippen molar-refractivity contribution < 1.29 is 0 Å². The molecule has 0 nitrogen and oxygen atoms in total. The lowest BCUT2D eigenvalue weighted by atomic mass is 9.77. The van der Waals surface area contributed by atoms with Gasteiger partial charge in [0.15, 0.2) is 0 Å². The molecule has 0 spiro atoms. The van der Waals surface area contributed by atoms with E-state index in [1.165, 1.54) is 58.6 Å². The minimum absolute atomic E-state index is 0.0890. The maximum absolute atomic E-state index is 2.53. The Morgan fingerprint density at radius 2 is 1.48 bits per heavy atom. The van der Waals surface area contributed by atoms with Crippen LogP contribution in [-0.2, 0) is 25.2 Å². The topological polar surface area (TPSA) is 0 Å². The molecule has 31 heavy (non-hydrogen) atoms. The van der Waals surface area contributed by atoms with Gasteiger partial charge in [-0.1, -0.05) is 54.7 Å². The average molecular weight is 425 g/mol. The van der Waals surface area contributed by atoms with Crippen molar-refractivity contribution in [2.45, 2.75) is 58.8 Å². The molecular formula is C30H33P. The molecule has 0 saturated carbocycles. The van der Waals surface area contributed by atoms with Crippen LogP contribution in [0.1, 0.15) is 71.2 Å². The van der Waals surface area contributed by atoms with Gasteiger partial charge in [0.2, 0.25) is 0 Å². The van der Waals surface area contributed by atoms with Crippen molar-refractivity contribution in [2.24, 2.45) is 0 Å². The number of rotatable bonds is 2. The molecule has 1 aliphatic heterocycles. The molecule has 0 bridgehead atoms. The van der Waals surface area contributed by atoms with Gasteiger partial charge in [0, 0.05) is 0 Å². The van der Waals surface area contributed by atoms with Gasteiger partial charge in [-0.05, 0) is 127 Å². The normalized spacial score (nSPS) is 19.6. The van der Waals surface area contributed by atoms with Crippen LogP contribution in [-0.4, -0.2) is 6.66 Å². The molecule has 2 aliphatic carbocycles. The summed E-state index contributed by atoms with van der Waals surface area (Å²) < 4.78 is 0. The smallest absolute Gasteiger partial charge is 0.00578 e. The lowest BCUT2D eigenvalue weighted by Gasteiger charge is -2.26. The third-order valence-corrected chi connectivity index (χ3v) is 8.86. The minimum Gasteiger partial charge on any atom is -0.101 e. The van der Waals surface area contributed by atoms with Gasteiger partial charge < -0.3 is 0 Å². The highest BCUT2D eigenvalue weighted by Gasteiger charge is 2.29. The van der Waals surface area contributed by atoms with Crippen LogP contribution >= 0.6 is 7.92 Å². The SMILES string of the molecule is C/C=C\C(=C/C)c1cc2c(c3c1CP(C)Cc1c(C)cc4c(c1-3)C=CCC4)C=CCC2. The van der Waals surface area contributed by atoms with Gasteiger partial charge in [-0.2, -0.15) is 0 Å². The average Bonchev–Trinajstić information content (AvgIpc) is 2.94. The standard InChI is InChI=1S/C30H33P/c1-5-11-21(6-2)26-17-23-13-8-10-15-25(23)30-28(26)19-31(4)18-27-20(3)16-22-12-7-9-14-24(22)29(27)30/h5-6,9-11,14-17H,7-8,12-13,18-19H2,1-4H3/b11-5-,21-6+. The minimum atomic E-state index is -0.0890. The van der Waals surface area contributed by atoms with Crippen molar-refractivity contribution in [2.75, 3.05) is 6.66 Å². The van der Waals surface area contributed by atoms with E-state index in [1.807, 2.05) is 0 Å². The van der Waals surface area contributed by atoms with Gasteiger partial charge >= 0.3 is 0 Å². The van der Waals surface area contributed by atoms with Gasteiger partial charge in [-0.3, -0.25) is 0 Å².